The molecular weight excluding hydrogens is 326 g/mol. The largest absolute Gasteiger partial charge is 0.492 e. The van der Waals surface area contributed by atoms with Crippen molar-refractivity contribution in [3.8, 4) is 5.75 Å². The lowest BCUT2D eigenvalue weighted by Gasteiger charge is -2.20. The Kier molecular flexibility index (Phi) is 4.20. The number of anilines is 1. The predicted octanol–water partition coefficient (Wildman–Crippen LogP) is 3.32. The highest BCUT2D eigenvalue weighted by atomic mass is 16.5. The van der Waals surface area contributed by atoms with Gasteiger partial charge in [0.05, 0.1) is 18.8 Å². The van der Waals surface area contributed by atoms with Crippen LogP contribution in [0.5, 0.6) is 5.75 Å². The molecule has 0 amide bonds. The van der Waals surface area contributed by atoms with Crippen LogP contribution >= 0.6 is 0 Å². The van der Waals surface area contributed by atoms with Crippen molar-refractivity contribution in [2.75, 3.05) is 12.3 Å². The molecule has 0 bridgehead atoms. The Hall–Kier alpha value is -2.04. The van der Waals surface area contributed by atoms with E-state index in [2.05, 4.69) is 26.0 Å². The van der Waals surface area contributed by atoms with Crippen LogP contribution in [0, 0.1) is 20.8 Å². The molecule has 4 heteroatoms. The summed E-state index contributed by atoms with van der Waals surface area (Å²) in [6.07, 6.45) is 0.404. The third-order valence-electron chi connectivity index (χ3n) is 6.41. The molecule has 1 heterocycles. The number of fused-ring (bicyclic) bond motifs is 1. The second kappa shape index (κ2) is 6.29. The lowest BCUT2D eigenvalue weighted by molar-refractivity contribution is 0.108. The zero-order valence-electron chi connectivity index (χ0n) is 15.6. The van der Waals surface area contributed by atoms with E-state index in [1.54, 1.807) is 0 Å². The number of hydrogen-bond acceptors (Lipinski definition) is 4. The molecule has 3 unspecified atom stereocenters. The Morgan fingerprint density at radius 1 is 0.885 bits per heavy atom. The van der Waals surface area contributed by atoms with Crippen molar-refractivity contribution in [1.29, 1.82) is 0 Å². The van der Waals surface area contributed by atoms with Crippen LogP contribution in [-0.4, -0.2) is 29.0 Å². The standard InChI is InChI=1S/C22H27NO3/c1-11-12(2)22-19(13(3)21(11)23)16(10-26-22)14-4-6-15(7-5-14)20-17(24)8-9-18(20)25/h4-7,16-18,20,24-25H,8-10,23H2,1-3H3. The molecule has 138 valence electrons. The van der Waals surface area contributed by atoms with Gasteiger partial charge in [-0.25, -0.2) is 0 Å². The lowest BCUT2D eigenvalue weighted by atomic mass is 9.85. The van der Waals surface area contributed by atoms with Crippen molar-refractivity contribution in [1.82, 2.24) is 0 Å². The average Bonchev–Trinajstić information content (AvgIpc) is 3.22. The highest BCUT2D eigenvalue weighted by Gasteiger charge is 2.35. The molecule has 0 radical (unpaired) electrons. The van der Waals surface area contributed by atoms with Crippen LogP contribution in [0.15, 0.2) is 24.3 Å². The number of aliphatic hydroxyl groups is 2. The summed E-state index contributed by atoms with van der Waals surface area (Å²) in [4.78, 5) is 0. The first-order valence-corrected chi connectivity index (χ1v) is 9.38. The van der Waals surface area contributed by atoms with Gasteiger partial charge in [-0.05, 0) is 61.4 Å². The Balaban J connectivity index is 1.69. The molecule has 1 aliphatic carbocycles. The fourth-order valence-electron chi connectivity index (χ4n) is 4.64. The molecule has 2 aromatic rings. The molecule has 2 aromatic carbocycles. The molecule has 3 atom stereocenters. The van der Waals surface area contributed by atoms with Crippen LogP contribution < -0.4 is 10.5 Å². The average molecular weight is 353 g/mol. The second-order valence-electron chi connectivity index (χ2n) is 7.80. The zero-order valence-corrected chi connectivity index (χ0v) is 15.6. The van der Waals surface area contributed by atoms with E-state index in [1.807, 2.05) is 19.1 Å². The Bertz CT molecular complexity index is 834. The highest BCUT2D eigenvalue weighted by Crippen LogP contribution is 2.46. The van der Waals surface area contributed by atoms with Crippen LogP contribution in [0.3, 0.4) is 0 Å². The van der Waals surface area contributed by atoms with Crippen molar-refractivity contribution in [2.24, 2.45) is 0 Å². The molecule has 1 fully saturated rings. The van der Waals surface area contributed by atoms with Crippen LogP contribution in [0.1, 0.15) is 58.1 Å². The van der Waals surface area contributed by atoms with E-state index < -0.39 is 12.2 Å². The summed E-state index contributed by atoms with van der Waals surface area (Å²) in [6, 6.07) is 8.27. The van der Waals surface area contributed by atoms with Crippen molar-refractivity contribution in [3.05, 3.63) is 57.6 Å². The highest BCUT2D eigenvalue weighted by molar-refractivity contribution is 5.68. The predicted molar refractivity (Wildman–Crippen MR) is 103 cm³/mol. The number of benzene rings is 2. The molecule has 4 N–H and O–H groups in total. The van der Waals surface area contributed by atoms with Gasteiger partial charge in [0.2, 0.25) is 0 Å². The van der Waals surface area contributed by atoms with Gasteiger partial charge in [0.1, 0.15) is 5.75 Å². The fourth-order valence-corrected chi connectivity index (χ4v) is 4.64. The van der Waals surface area contributed by atoms with E-state index in [-0.39, 0.29) is 11.8 Å². The Labute approximate surface area is 154 Å². The van der Waals surface area contributed by atoms with Crippen LogP contribution in [0.25, 0.3) is 0 Å². The quantitative estimate of drug-likeness (QED) is 0.724. The van der Waals surface area contributed by atoms with Gasteiger partial charge >= 0.3 is 0 Å². The molecule has 26 heavy (non-hydrogen) atoms. The van der Waals surface area contributed by atoms with E-state index >= 15 is 0 Å². The first kappa shape index (κ1) is 17.4. The van der Waals surface area contributed by atoms with E-state index in [1.165, 1.54) is 11.1 Å². The van der Waals surface area contributed by atoms with Crippen LogP contribution in [0.2, 0.25) is 0 Å². The molecular formula is C22H27NO3. The number of hydrogen-bond donors (Lipinski definition) is 3. The number of aliphatic hydroxyl groups excluding tert-OH is 2. The number of nitrogens with two attached hydrogens (primary N) is 1. The second-order valence-corrected chi connectivity index (χ2v) is 7.80. The first-order valence-electron chi connectivity index (χ1n) is 9.38. The van der Waals surface area contributed by atoms with Gasteiger partial charge in [0, 0.05) is 23.1 Å². The van der Waals surface area contributed by atoms with E-state index in [0.717, 1.165) is 33.7 Å². The normalized spacial score (nSPS) is 27.4. The summed E-state index contributed by atoms with van der Waals surface area (Å²) in [5.74, 6) is 0.961. The number of rotatable bonds is 2. The van der Waals surface area contributed by atoms with Gasteiger partial charge in [0.15, 0.2) is 0 Å². The molecule has 1 aliphatic heterocycles. The molecule has 4 rings (SSSR count). The maximum atomic E-state index is 10.2. The van der Waals surface area contributed by atoms with E-state index in [4.69, 9.17) is 10.5 Å². The fraction of sp³-hybridized carbons (Fsp3) is 0.455. The monoisotopic (exact) mass is 353 g/mol. The summed E-state index contributed by atoms with van der Waals surface area (Å²) >= 11 is 0. The lowest BCUT2D eigenvalue weighted by Crippen LogP contribution is -2.20. The third-order valence-corrected chi connectivity index (χ3v) is 6.41. The summed E-state index contributed by atoms with van der Waals surface area (Å²) in [5, 5.41) is 20.3. The zero-order chi connectivity index (χ0) is 18.6. The summed E-state index contributed by atoms with van der Waals surface area (Å²) in [5.41, 5.74) is 13.9. The summed E-state index contributed by atoms with van der Waals surface area (Å²) in [7, 11) is 0. The number of nitrogen functional groups attached to an aromatic ring is 1. The van der Waals surface area contributed by atoms with Crippen LogP contribution in [0.4, 0.5) is 5.69 Å². The van der Waals surface area contributed by atoms with Gasteiger partial charge in [-0.1, -0.05) is 24.3 Å². The van der Waals surface area contributed by atoms with E-state index in [0.29, 0.717) is 19.4 Å². The maximum Gasteiger partial charge on any atom is 0.126 e. The molecule has 1 saturated carbocycles. The molecule has 0 spiro atoms. The minimum Gasteiger partial charge on any atom is -0.492 e. The van der Waals surface area contributed by atoms with Crippen molar-refractivity contribution in [3.63, 3.8) is 0 Å². The summed E-state index contributed by atoms with van der Waals surface area (Å²) < 4.78 is 6.04. The van der Waals surface area contributed by atoms with Gasteiger partial charge in [-0.2, -0.15) is 0 Å². The molecule has 2 aliphatic rings. The minimum atomic E-state index is -0.459. The van der Waals surface area contributed by atoms with Gasteiger partial charge < -0.3 is 20.7 Å². The first-order chi connectivity index (χ1) is 12.4. The van der Waals surface area contributed by atoms with Crippen molar-refractivity contribution < 1.29 is 14.9 Å². The van der Waals surface area contributed by atoms with Crippen molar-refractivity contribution in [2.45, 2.75) is 57.7 Å². The third kappa shape index (κ3) is 2.51. The smallest absolute Gasteiger partial charge is 0.126 e. The molecule has 0 saturated heterocycles. The molecule has 0 aromatic heterocycles. The number of ether oxygens (including phenoxy) is 1. The molecule has 4 nitrogen and oxygen atoms in total. The van der Waals surface area contributed by atoms with Crippen molar-refractivity contribution >= 4 is 5.69 Å². The Morgan fingerprint density at radius 3 is 2.08 bits per heavy atom. The van der Waals surface area contributed by atoms with E-state index in [9.17, 15) is 10.2 Å². The summed E-state index contributed by atoms with van der Waals surface area (Å²) in [6.45, 7) is 6.80. The minimum absolute atomic E-state index is 0.166. The maximum absolute atomic E-state index is 10.2. The van der Waals surface area contributed by atoms with Gasteiger partial charge in [0.25, 0.3) is 0 Å². The van der Waals surface area contributed by atoms with Gasteiger partial charge in [-0.15, -0.1) is 0 Å². The topological polar surface area (TPSA) is 75.7 Å². The van der Waals surface area contributed by atoms with Gasteiger partial charge in [-0.3, -0.25) is 0 Å². The SMILES string of the molecule is Cc1c(C)c2c(c(C)c1N)C(c1ccc(C3C(O)CCC3O)cc1)CO2. The Morgan fingerprint density at radius 2 is 1.46 bits per heavy atom. The van der Waals surface area contributed by atoms with Crippen LogP contribution in [-0.2, 0) is 0 Å².